The van der Waals surface area contributed by atoms with Crippen molar-refractivity contribution in [2.45, 2.75) is 25.7 Å². The van der Waals surface area contributed by atoms with Crippen LogP contribution in [0.1, 0.15) is 19.4 Å². The molecule has 0 atom stereocenters. The second kappa shape index (κ2) is 11.6. The van der Waals surface area contributed by atoms with E-state index in [1.165, 1.54) is 0 Å². The predicted octanol–water partition coefficient (Wildman–Crippen LogP) is 5.49. The molecule has 0 N–H and O–H groups in total. The van der Waals surface area contributed by atoms with Crippen LogP contribution >= 0.6 is 35.5 Å². The van der Waals surface area contributed by atoms with Crippen LogP contribution in [-0.2, 0) is 4.79 Å². The van der Waals surface area contributed by atoms with Gasteiger partial charge in [0.05, 0.1) is 16.0 Å². The Morgan fingerprint density at radius 3 is 2.41 bits per heavy atom. The van der Waals surface area contributed by atoms with Crippen molar-refractivity contribution in [2.75, 3.05) is 36.8 Å². The normalized spacial score (nSPS) is 10.9. The van der Waals surface area contributed by atoms with Gasteiger partial charge in [-0.2, -0.15) is 0 Å². The molecule has 1 aromatic heterocycles. The zero-order valence-corrected chi connectivity index (χ0v) is 19.6. The topological polar surface area (TPSA) is 36.4 Å². The van der Waals surface area contributed by atoms with E-state index >= 15 is 0 Å². The number of halogens is 1. The fraction of sp³-hybridized carbons (Fsp3) is 0.364. The molecule has 29 heavy (non-hydrogen) atoms. The lowest BCUT2D eigenvalue weighted by Crippen LogP contribution is -2.39. The summed E-state index contributed by atoms with van der Waals surface area (Å²) in [5.74, 6) is 0.523. The van der Waals surface area contributed by atoms with E-state index in [1.54, 1.807) is 23.1 Å². The number of aryl methyl sites for hydroxylation is 1. The molecule has 0 saturated carbocycles. The first-order valence-electron chi connectivity index (χ1n) is 9.69. The third kappa shape index (κ3) is 6.19. The molecule has 4 nitrogen and oxygen atoms in total. The van der Waals surface area contributed by atoms with Crippen molar-refractivity contribution in [2.24, 2.45) is 0 Å². The number of fused-ring (bicyclic) bond motifs is 1. The average Bonchev–Trinajstić information content (AvgIpc) is 3.15. The number of nitrogens with zero attached hydrogens (tertiary/aromatic N) is 3. The first-order valence-corrected chi connectivity index (χ1v) is 11.5. The molecule has 3 rings (SSSR count). The lowest BCUT2D eigenvalue weighted by Gasteiger charge is -2.24. The summed E-state index contributed by atoms with van der Waals surface area (Å²) < 4.78 is 1.13. The van der Waals surface area contributed by atoms with E-state index < -0.39 is 0 Å². The van der Waals surface area contributed by atoms with Gasteiger partial charge in [-0.15, -0.1) is 24.2 Å². The van der Waals surface area contributed by atoms with Crippen molar-refractivity contribution in [3.05, 3.63) is 54.1 Å². The van der Waals surface area contributed by atoms with Crippen LogP contribution < -0.4 is 4.90 Å². The van der Waals surface area contributed by atoms with Gasteiger partial charge in [0, 0.05) is 18.0 Å². The van der Waals surface area contributed by atoms with E-state index in [0.717, 1.165) is 45.4 Å². The Labute approximate surface area is 187 Å². The second-order valence-electron chi connectivity index (χ2n) is 6.59. The molecule has 7 heteroatoms. The van der Waals surface area contributed by atoms with Crippen LogP contribution in [0.25, 0.3) is 10.2 Å². The van der Waals surface area contributed by atoms with Gasteiger partial charge in [-0.1, -0.05) is 55.5 Å². The minimum atomic E-state index is 0. The lowest BCUT2D eigenvalue weighted by molar-refractivity contribution is -0.116. The molecule has 0 radical (unpaired) electrons. The van der Waals surface area contributed by atoms with E-state index in [9.17, 15) is 4.79 Å². The SMILES string of the molecule is CCN(CC)CCN(C(=O)CSc1ccccc1)c1nc2c(C)cccc2s1.Cl. The maximum Gasteiger partial charge on any atom is 0.239 e. The van der Waals surface area contributed by atoms with Gasteiger partial charge >= 0.3 is 0 Å². The zero-order valence-electron chi connectivity index (χ0n) is 17.1. The summed E-state index contributed by atoms with van der Waals surface area (Å²) in [4.78, 5) is 23.3. The number of thioether (sulfide) groups is 1. The molecule has 156 valence electrons. The molecule has 0 aliphatic heterocycles. The second-order valence-corrected chi connectivity index (χ2v) is 8.65. The maximum absolute atomic E-state index is 13.1. The van der Waals surface area contributed by atoms with Crippen molar-refractivity contribution >= 4 is 56.8 Å². The number of carbonyl (C=O) groups excluding carboxylic acids is 1. The zero-order chi connectivity index (χ0) is 19.9. The quantitative estimate of drug-likeness (QED) is 0.404. The first-order chi connectivity index (χ1) is 13.6. The highest BCUT2D eigenvalue weighted by Gasteiger charge is 2.21. The Morgan fingerprint density at radius 2 is 1.76 bits per heavy atom. The Morgan fingerprint density at radius 1 is 1.03 bits per heavy atom. The van der Waals surface area contributed by atoms with E-state index in [4.69, 9.17) is 4.98 Å². The minimum Gasteiger partial charge on any atom is -0.302 e. The van der Waals surface area contributed by atoms with E-state index in [2.05, 4.69) is 37.8 Å². The molecule has 0 bridgehead atoms. The summed E-state index contributed by atoms with van der Waals surface area (Å²) in [6, 6.07) is 16.3. The summed E-state index contributed by atoms with van der Waals surface area (Å²) in [5.41, 5.74) is 2.15. The van der Waals surface area contributed by atoms with Gasteiger partial charge in [0.2, 0.25) is 5.91 Å². The molecule has 0 fully saturated rings. The summed E-state index contributed by atoms with van der Waals surface area (Å²) >= 11 is 3.18. The lowest BCUT2D eigenvalue weighted by atomic mass is 10.2. The Kier molecular flexibility index (Phi) is 9.43. The molecule has 0 aliphatic rings. The molecule has 0 aliphatic carbocycles. The molecular formula is C22H28ClN3OS2. The van der Waals surface area contributed by atoms with Crippen LogP contribution in [0.5, 0.6) is 0 Å². The number of aromatic nitrogens is 1. The van der Waals surface area contributed by atoms with Gasteiger partial charge < -0.3 is 4.90 Å². The van der Waals surface area contributed by atoms with Crippen LogP contribution in [0.3, 0.4) is 0 Å². The summed E-state index contributed by atoms with van der Waals surface area (Å²) in [6.45, 7) is 9.86. The number of hydrogen-bond acceptors (Lipinski definition) is 5. The van der Waals surface area contributed by atoms with Crippen molar-refractivity contribution in [3.63, 3.8) is 0 Å². The third-order valence-electron chi connectivity index (χ3n) is 4.78. The smallest absolute Gasteiger partial charge is 0.239 e. The van der Waals surface area contributed by atoms with Gasteiger partial charge in [0.25, 0.3) is 0 Å². The van der Waals surface area contributed by atoms with Crippen molar-refractivity contribution in [1.82, 2.24) is 9.88 Å². The highest BCUT2D eigenvalue weighted by molar-refractivity contribution is 8.00. The molecular weight excluding hydrogens is 422 g/mol. The minimum absolute atomic E-state index is 0. The van der Waals surface area contributed by atoms with Crippen molar-refractivity contribution in [3.8, 4) is 0 Å². The molecule has 1 heterocycles. The highest BCUT2D eigenvalue weighted by Crippen LogP contribution is 2.31. The van der Waals surface area contributed by atoms with Crippen LogP contribution in [0.15, 0.2) is 53.4 Å². The molecule has 0 saturated heterocycles. The van der Waals surface area contributed by atoms with E-state index in [-0.39, 0.29) is 18.3 Å². The van der Waals surface area contributed by atoms with Gasteiger partial charge in [-0.25, -0.2) is 4.98 Å². The number of carbonyl (C=O) groups is 1. The number of para-hydroxylation sites is 1. The number of amides is 1. The third-order valence-corrected chi connectivity index (χ3v) is 6.82. The summed E-state index contributed by atoms with van der Waals surface area (Å²) in [5, 5.41) is 0.801. The molecule has 0 spiro atoms. The number of thiazole rings is 1. The number of anilines is 1. The molecule has 0 unspecified atom stereocenters. The van der Waals surface area contributed by atoms with Gasteiger partial charge in [0.15, 0.2) is 5.13 Å². The van der Waals surface area contributed by atoms with Crippen LogP contribution in [-0.4, -0.2) is 47.7 Å². The van der Waals surface area contributed by atoms with Crippen molar-refractivity contribution in [1.29, 1.82) is 0 Å². The first kappa shape index (κ1) is 23.7. The Bertz CT molecular complexity index is 913. The van der Waals surface area contributed by atoms with Gasteiger partial charge in [0.1, 0.15) is 0 Å². The van der Waals surface area contributed by atoms with Crippen LogP contribution in [0, 0.1) is 6.92 Å². The van der Waals surface area contributed by atoms with Gasteiger partial charge in [-0.3, -0.25) is 9.69 Å². The average molecular weight is 450 g/mol. The van der Waals surface area contributed by atoms with Crippen LogP contribution in [0.4, 0.5) is 5.13 Å². The predicted molar refractivity (Wildman–Crippen MR) is 129 cm³/mol. The molecule has 3 aromatic rings. The standard InChI is InChI=1S/C22H27N3OS2.ClH/c1-4-24(5-2)14-15-25(20(26)16-27-18-11-7-6-8-12-18)22-23-21-17(3)10-9-13-19(21)28-22;/h6-13H,4-5,14-16H2,1-3H3;1H. The monoisotopic (exact) mass is 449 g/mol. The summed E-state index contributed by atoms with van der Waals surface area (Å²) in [7, 11) is 0. The number of rotatable bonds is 9. The van der Waals surface area contributed by atoms with Crippen LogP contribution in [0.2, 0.25) is 0 Å². The molecule has 2 aromatic carbocycles. The van der Waals surface area contributed by atoms with Gasteiger partial charge in [-0.05, 0) is 43.8 Å². The summed E-state index contributed by atoms with van der Waals surface area (Å²) in [6.07, 6.45) is 0. The highest BCUT2D eigenvalue weighted by atomic mass is 35.5. The number of benzene rings is 2. The largest absolute Gasteiger partial charge is 0.302 e. The number of hydrogen-bond donors (Lipinski definition) is 0. The number of likely N-dealkylation sites (N-methyl/N-ethyl adjacent to an activating group) is 1. The molecule has 1 amide bonds. The van der Waals surface area contributed by atoms with E-state index in [0.29, 0.717) is 12.3 Å². The Hall–Kier alpha value is -1.60. The fourth-order valence-electron chi connectivity index (χ4n) is 3.04. The Balaban J connectivity index is 0.00000300. The van der Waals surface area contributed by atoms with Crippen molar-refractivity contribution < 1.29 is 4.79 Å². The maximum atomic E-state index is 13.1. The fourth-order valence-corrected chi connectivity index (χ4v) is 4.92. The van der Waals surface area contributed by atoms with E-state index in [1.807, 2.05) is 41.3 Å².